The van der Waals surface area contributed by atoms with E-state index in [4.69, 9.17) is 4.74 Å². The molecule has 110 valence electrons. The molecule has 0 saturated heterocycles. The van der Waals surface area contributed by atoms with Gasteiger partial charge in [0.05, 0.1) is 13.7 Å². The van der Waals surface area contributed by atoms with Gasteiger partial charge in [0.25, 0.3) is 5.91 Å². The Bertz CT molecular complexity index is 643. The molecule has 1 amide bonds. The lowest BCUT2D eigenvalue weighted by Crippen LogP contribution is -2.24. The Hall–Kier alpha value is -1.85. The van der Waals surface area contributed by atoms with Crippen LogP contribution in [0.3, 0.4) is 0 Å². The molecule has 0 bridgehead atoms. The summed E-state index contributed by atoms with van der Waals surface area (Å²) in [6.07, 6.45) is 0. The fourth-order valence-corrected chi connectivity index (χ4v) is 2.38. The number of ether oxygens (including phenoxy) is 1. The van der Waals surface area contributed by atoms with Crippen molar-refractivity contribution in [2.45, 2.75) is 13.2 Å². The molecule has 0 spiro atoms. The molecule has 0 aliphatic heterocycles. The number of benzene rings is 2. The smallest absolute Gasteiger partial charge is 0.251 e. The minimum absolute atomic E-state index is 0.179. The van der Waals surface area contributed by atoms with Gasteiger partial charge in [0.15, 0.2) is 0 Å². The van der Waals surface area contributed by atoms with Gasteiger partial charge in [-0.2, -0.15) is 0 Å². The van der Waals surface area contributed by atoms with Crippen LogP contribution in [-0.2, 0) is 13.2 Å². The van der Waals surface area contributed by atoms with E-state index < -0.39 is 0 Å². The van der Waals surface area contributed by atoms with Crippen molar-refractivity contribution in [3.8, 4) is 5.75 Å². The summed E-state index contributed by atoms with van der Waals surface area (Å²) in [6, 6.07) is 12.7. The molecule has 0 atom stereocenters. The zero-order valence-corrected chi connectivity index (χ0v) is 13.2. The van der Waals surface area contributed by atoms with Crippen molar-refractivity contribution >= 4 is 21.8 Å². The Kier molecular flexibility index (Phi) is 5.36. The second-order valence-electron chi connectivity index (χ2n) is 4.49. The highest BCUT2D eigenvalue weighted by Crippen LogP contribution is 2.17. The van der Waals surface area contributed by atoms with Crippen LogP contribution < -0.4 is 10.1 Å². The van der Waals surface area contributed by atoms with Crippen molar-refractivity contribution in [3.63, 3.8) is 0 Å². The molecule has 4 nitrogen and oxygen atoms in total. The SMILES string of the molecule is COc1cccc(CNC(=O)c2ccc(Br)cc2CO)c1. The second-order valence-corrected chi connectivity index (χ2v) is 5.41. The zero-order chi connectivity index (χ0) is 15.2. The molecule has 0 fully saturated rings. The van der Waals surface area contributed by atoms with Crippen LogP contribution in [0.2, 0.25) is 0 Å². The molecule has 0 unspecified atom stereocenters. The standard InChI is InChI=1S/C16H16BrNO3/c1-21-14-4-2-3-11(7-14)9-18-16(20)15-6-5-13(17)8-12(15)10-19/h2-8,19H,9-10H2,1H3,(H,18,20). The van der Waals surface area contributed by atoms with E-state index in [1.807, 2.05) is 24.3 Å². The summed E-state index contributed by atoms with van der Waals surface area (Å²) in [4.78, 5) is 12.2. The van der Waals surface area contributed by atoms with E-state index >= 15 is 0 Å². The first kappa shape index (κ1) is 15.5. The van der Waals surface area contributed by atoms with Crippen molar-refractivity contribution < 1.29 is 14.6 Å². The van der Waals surface area contributed by atoms with Crippen LogP contribution in [0.4, 0.5) is 0 Å². The minimum atomic E-state index is -0.214. The van der Waals surface area contributed by atoms with Crippen LogP contribution in [-0.4, -0.2) is 18.1 Å². The summed E-state index contributed by atoms with van der Waals surface area (Å²) in [5.74, 6) is 0.538. The van der Waals surface area contributed by atoms with Crippen molar-refractivity contribution in [2.75, 3.05) is 7.11 Å². The predicted molar refractivity (Wildman–Crippen MR) is 84.2 cm³/mol. The van der Waals surface area contributed by atoms with Crippen molar-refractivity contribution in [1.82, 2.24) is 5.32 Å². The van der Waals surface area contributed by atoms with Crippen LogP contribution in [0.1, 0.15) is 21.5 Å². The summed E-state index contributed by atoms with van der Waals surface area (Å²) in [7, 11) is 1.60. The molecule has 2 N–H and O–H groups in total. The van der Waals surface area contributed by atoms with E-state index in [0.29, 0.717) is 17.7 Å². The third-order valence-electron chi connectivity index (χ3n) is 3.07. The lowest BCUT2D eigenvalue weighted by atomic mass is 10.1. The first-order chi connectivity index (χ1) is 10.1. The maximum Gasteiger partial charge on any atom is 0.251 e. The molecule has 21 heavy (non-hydrogen) atoms. The largest absolute Gasteiger partial charge is 0.497 e. The summed E-state index contributed by atoms with van der Waals surface area (Å²) in [6.45, 7) is 0.221. The number of hydrogen-bond acceptors (Lipinski definition) is 3. The van der Waals surface area contributed by atoms with E-state index in [1.54, 1.807) is 25.3 Å². The lowest BCUT2D eigenvalue weighted by Gasteiger charge is -2.10. The molecule has 0 saturated carbocycles. The highest BCUT2D eigenvalue weighted by atomic mass is 79.9. The first-order valence-electron chi connectivity index (χ1n) is 6.44. The number of carbonyl (C=O) groups excluding carboxylic acids is 1. The summed E-state index contributed by atoms with van der Waals surface area (Å²) >= 11 is 3.32. The second kappa shape index (κ2) is 7.24. The number of aliphatic hydroxyl groups is 1. The molecule has 0 aliphatic rings. The van der Waals surface area contributed by atoms with Crippen molar-refractivity contribution in [2.24, 2.45) is 0 Å². The molecule has 0 aliphatic carbocycles. The van der Waals surface area contributed by atoms with Crippen molar-refractivity contribution in [3.05, 3.63) is 63.6 Å². The van der Waals surface area contributed by atoms with E-state index in [9.17, 15) is 9.90 Å². The van der Waals surface area contributed by atoms with E-state index in [1.165, 1.54) is 0 Å². The predicted octanol–water partition coefficient (Wildman–Crippen LogP) is 2.88. The monoisotopic (exact) mass is 349 g/mol. The van der Waals surface area contributed by atoms with Crippen LogP contribution >= 0.6 is 15.9 Å². The fraction of sp³-hybridized carbons (Fsp3) is 0.188. The third-order valence-corrected chi connectivity index (χ3v) is 3.56. The number of nitrogens with one attached hydrogen (secondary N) is 1. The van der Waals surface area contributed by atoms with E-state index in [-0.39, 0.29) is 12.5 Å². The number of hydrogen-bond donors (Lipinski definition) is 2. The van der Waals surface area contributed by atoms with Gasteiger partial charge in [-0.1, -0.05) is 28.1 Å². The highest BCUT2D eigenvalue weighted by Gasteiger charge is 2.11. The maximum atomic E-state index is 12.2. The number of rotatable bonds is 5. The van der Waals surface area contributed by atoms with Gasteiger partial charge in [-0.15, -0.1) is 0 Å². The molecular weight excluding hydrogens is 334 g/mol. The van der Waals surface area contributed by atoms with E-state index in [0.717, 1.165) is 15.8 Å². The number of halogens is 1. The van der Waals surface area contributed by atoms with Gasteiger partial charge in [-0.3, -0.25) is 4.79 Å². The molecule has 5 heteroatoms. The fourth-order valence-electron chi connectivity index (χ4n) is 1.97. The van der Waals surface area contributed by atoms with Crippen LogP contribution in [0, 0.1) is 0 Å². The van der Waals surface area contributed by atoms with Crippen molar-refractivity contribution in [1.29, 1.82) is 0 Å². The molecule has 0 aromatic heterocycles. The highest BCUT2D eigenvalue weighted by molar-refractivity contribution is 9.10. The molecule has 0 heterocycles. The normalized spacial score (nSPS) is 10.2. The molecule has 0 radical (unpaired) electrons. The molecule has 2 aromatic carbocycles. The topological polar surface area (TPSA) is 58.6 Å². The van der Waals surface area contributed by atoms with Gasteiger partial charge in [0.2, 0.25) is 0 Å². The average Bonchev–Trinajstić information content (AvgIpc) is 2.52. The molecule has 2 aromatic rings. The first-order valence-corrected chi connectivity index (χ1v) is 7.23. The average molecular weight is 350 g/mol. The Morgan fingerprint density at radius 1 is 1.29 bits per heavy atom. The van der Waals surface area contributed by atoms with Crippen LogP contribution in [0.25, 0.3) is 0 Å². The van der Waals surface area contributed by atoms with E-state index in [2.05, 4.69) is 21.2 Å². The molecular formula is C16H16BrNO3. The number of methoxy groups -OCH3 is 1. The maximum absolute atomic E-state index is 12.2. The molecule has 2 rings (SSSR count). The summed E-state index contributed by atoms with van der Waals surface area (Å²) in [5, 5.41) is 12.2. The van der Waals surface area contributed by atoms with Gasteiger partial charge in [-0.25, -0.2) is 0 Å². The Morgan fingerprint density at radius 3 is 2.81 bits per heavy atom. The quantitative estimate of drug-likeness (QED) is 0.872. The minimum Gasteiger partial charge on any atom is -0.497 e. The summed E-state index contributed by atoms with van der Waals surface area (Å²) in [5.41, 5.74) is 2.02. The Morgan fingerprint density at radius 2 is 2.10 bits per heavy atom. The zero-order valence-electron chi connectivity index (χ0n) is 11.6. The van der Waals surface area contributed by atoms with Gasteiger partial charge >= 0.3 is 0 Å². The van der Waals surface area contributed by atoms with Crippen LogP contribution in [0.15, 0.2) is 46.9 Å². The van der Waals surface area contributed by atoms with Crippen LogP contribution in [0.5, 0.6) is 5.75 Å². The Labute approximate surface area is 131 Å². The number of aliphatic hydroxyl groups excluding tert-OH is 1. The lowest BCUT2D eigenvalue weighted by molar-refractivity contribution is 0.0947. The summed E-state index contributed by atoms with van der Waals surface area (Å²) < 4.78 is 5.97. The van der Waals surface area contributed by atoms with Gasteiger partial charge < -0.3 is 15.2 Å². The Balaban J connectivity index is 2.08. The van der Waals surface area contributed by atoms with Gasteiger partial charge in [0.1, 0.15) is 5.75 Å². The van der Waals surface area contributed by atoms with Gasteiger partial charge in [-0.05, 0) is 41.5 Å². The van der Waals surface area contributed by atoms with Gasteiger partial charge in [0, 0.05) is 16.6 Å². The third kappa shape index (κ3) is 4.06. The number of carbonyl (C=O) groups is 1. The number of amides is 1.